The first-order valence-electron chi connectivity index (χ1n) is 9.89. The van der Waals surface area contributed by atoms with Crippen molar-refractivity contribution in [2.24, 2.45) is 0 Å². The van der Waals surface area contributed by atoms with Crippen LogP contribution >= 0.6 is 0 Å². The van der Waals surface area contributed by atoms with Gasteiger partial charge in [-0.1, -0.05) is 6.07 Å². The number of benzene rings is 1. The van der Waals surface area contributed by atoms with Gasteiger partial charge in [0.1, 0.15) is 0 Å². The van der Waals surface area contributed by atoms with Crippen molar-refractivity contribution in [1.82, 2.24) is 10.2 Å². The summed E-state index contributed by atoms with van der Waals surface area (Å²) < 4.78 is 5.56. The SMILES string of the molecule is Cc1ccc([N+](=O)[O-])c(C)c1NC(=O)C(=O)NC1CCN(CCOC(C)C)CC1. The van der Waals surface area contributed by atoms with E-state index in [0.717, 1.165) is 32.5 Å². The molecular formula is C20H30N4O5. The van der Waals surface area contributed by atoms with E-state index in [2.05, 4.69) is 15.5 Å². The number of nitrogens with one attached hydrogen (secondary N) is 2. The quantitative estimate of drug-likeness (QED) is 0.407. The molecule has 9 nitrogen and oxygen atoms in total. The van der Waals surface area contributed by atoms with Gasteiger partial charge < -0.3 is 20.3 Å². The molecule has 0 saturated carbocycles. The van der Waals surface area contributed by atoms with E-state index in [9.17, 15) is 19.7 Å². The molecule has 2 rings (SSSR count). The number of amides is 2. The molecule has 1 fully saturated rings. The van der Waals surface area contributed by atoms with E-state index < -0.39 is 16.7 Å². The fraction of sp³-hybridized carbons (Fsp3) is 0.600. The van der Waals surface area contributed by atoms with Crippen LogP contribution in [-0.2, 0) is 14.3 Å². The van der Waals surface area contributed by atoms with Gasteiger partial charge in [-0.05, 0) is 46.1 Å². The van der Waals surface area contributed by atoms with Crippen LogP contribution in [0.15, 0.2) is 12.1 Å². The summed E-state index contributed by atoms with van der Waals surface area (Å²) in [6, 6.07) is 2.88. The summed E-state index contributed by atoms with van der Waals surface area (Å²) in [4.78, 5) is 37.5. The molecule has 1 aliphatic rings. The number of nitro benzene ring substituents is 1. The van der Waals surface area contributed by atoms with E-state index >= 15 is 0 Å². The van der Waals surface area contributed by atoms with E-state index in [1.807, 2.05) is 13.8 Å². The summed E-state index contributed by atoms with van der Waals surface area (Å²) in [6.45, 7) is 10.5. The average Bonchev–Trinajstić information content (AvgIpc) is 2.65. The van der Waals surface area contributed by atoms with Crippen LogP contribution in [-0.4, -0.2) is 60.0 Å². The van der Waals surface area contributed by atoms with E-state index in [-0.39, 0.29) is 17.8 Å². The lowest BCUT2D eigenvalue weighted by Gasteiger charge is -2.32. The molecule has 1 aromatic rings. The highest BCUT2D eigenvalue weighted by molar-refractivity contribution is 6.39. The summed E-state index contributed by atoms with van der Waals surface area (Å²) >= 11 is 0. The molecule has 0 bridgehead atoms. The van der Waals surface area contributed by atoms with Crippen molar-refractivity contribution in [3.05, 3.63) is 33.4 Å². The van der Waals surface area contributed by atoms with E-state index in [0.29, 0.717) is 23.4 Å². The monoisotopic (exact) mass is 406 g/mol. The molecule has 1 saturated heterocycles. The summed E-state index contributed by atoms with van der Waals surface area (Å²) in [5.74, 6) is -1.54. The first-order valence-corrected chi connectivity index (χ1v) is 9.89. The fourth-order valence-electron chi connectivity index (χ4n) is 3.37. The number of nitrogens with zero attached hydrogens (tertiary/aromatic N) is 2. The smallest absolute Gasteiger partial charge is 0.313 e. The number of piperidine rings is 1. The van der Waals surface area contributed by atoms with E-state index in [4.69, 9.17) is 4.74 Å². The summed E-state index contributed by atoms with van der Waals surface area (Å²) in [5, 5.41) is 16.4. The van der Waals surface area contributed by atoms with E-state index in [1.54, 1.807) is 19.9 Å². The van der Waals surface area contributed by atoms with Gasteiger partial charge in [0.05, 0.1) is 28.9 Å². The normalized spacial score (nSPS) is 15.3. The predicted octanol–water partition coefficient (Wildman–Crippen LogP) is 2.16. The molecule has 9 heteroatoms. The Labute approximate surface area is 170 Å². The Hall–Kier alpha value is -2.52. The lowest BCUT2D eigenvalue weighted by molar-refractivity contribution is -0.385. The molecule has 29 heavy (non-hydrogen) atoms. The van der Waals surface area contributed by atoms with Crippen molar-refractivity contribution in [2.75, 3.05) is 31.6 Å². The van der Waals surface area contributed by atoms with Crippen molar-refractivity contribution in [1.29, 1.82) is 0 Å². The van der Waals surface area contributed by atoms with Crippen LogP contribution in [0.1, 0.15) is 37.8 Å². The number of likely N-dealkylation sites (tertiary alicyclic amines) is 1. The van der Waals surface area contributed by atoms with Crippen LogP contribution in [0.2, 0.25) is 0 Å². The molecule has 1 heterocycles. The number of carbonyl (C=O) groups is 2. The van der Waals surface area contributed by atoms with Gasteiger partial charge in [-0.15, -0.1) is 0 Å². The van der Waals surface area contributed by atoms with Crippen molar-refractivity contribution >= 4 is 23.2 Å². The zero-order chi connectivity index (χ0) is 21.6. The topological polar surface area (TPSA) is 114 Å². The van der Waals surface area contributed by atoms with Gasteiger partial charge >= 0.3 is 11.8 Å². The summed E-state index contributed by atoms with van der Waals surface area (Å²) in [7, 11) is 0. The van der Waals surface area contributed by atoms with Crippen LogP contribution in [0.4, 0.5) is 11.4 Å². The fourth-order valence-corrected chi connectivity index (χ4v) is 3.37. The Morgan fingerprint density at radius 1 is 1.24 bits per heavy atom. The Kier molecular flexibility index (Phi) is 8.10. The Morgan fingerprint density at radius 3 is 2.48 bits per heavy atom. The summed E-state index contributed by atoms with van der Waals surface area (Å²) in [5.41, 5.74) is 1.19. The minimum atomic E-state index is -0.815. The van der Waals surface area contributed by atoms with Gasteiger partial charge in [0.2, 0.25) is 0 Å². The zero-order valence-electron chi connectivity index (χ0n) is 17.5. The highest BCUT2D eigenvalue weighted by Crippen LogP contribution is 2.28. The first-order chi connectivity index (χ1) is 13.7. The van der Waals surface area contributed by atoms with Gasteiger partial charge in [-0.2, -0.15) is 0 Å². The molecular weight excluding hydrogens is 376 g/mol. The number of carbonyl (C=O) groups excluding carboxylic acids is 2. The number of aryl methyl sites for hydroxylation is 1. The first kappa shape index (κ1) is 22.8. The molecule has 1 aliphatic heterocycles. The Balaban J connectivity index is 1.86. The molecule has 0 atom stereocenters. The van der Waals surface area contributed by atoms with Gasteiger partial charge in [0, 0.05) is 31.7 Å². The molecule has 0 radical (unpaired) electrons. The Bertz CT molecular complexity index is 757. The molecule has 2 amide bonds. The molecule has 1 aromatic carbocycles. The third-order valence-corrected chi connectivity index (χ3v) is 5.07. The number of nitro groups is 1. The van der Waals surface area contributed by atoms with Gasteiger partial charge in [0.15, 0.2) is 0 Å². The predicted molar refractivity (Wildman–Crippen MR) is 110 cm³/mol. The number of hydrogen-bond acceptors (Lipinski definition) is 6. The third kappa shape index (κ3) is 6.50. The third-order valence-electron chi connectivity index (χ3n) is 5.07. The van der Waals surface area contributed by atoms with Gasteiger partial charge in [-0.25, -0.2) is 0 Å². The number of rotatable bonds is 7. The van der Waals surface area contributed by atoms with Crippen molar-refractivity contribution in [3.63, 3.8) is 0 Å². The maximum atomic E-state index is 12.3. The van der Waals surface area contributed by atoms with Crippen LogP contribution in [0, 0.1) is 24.0 Å². The average molecular weight is 406 g/mol. The van der Waals surface area contributed by atoms with Crippen LogP contribution in [0.3, 0.4) is 0 Å². The molecule has 0 unspecified atom stereocenters. The number of hydrogen-bond donors (Lipinski definition) is 2. The molecule has 0 spiro atoms. The lowest BCUT2D eigenvalue weighted by atomic mass is 10.0. The summed E-state index contributed by atoms with van der Waals surface area (Å²) in [6.07, 6.45) is 1.73. The Morgan fingerprint density at radius 2 is 1.90 bits per heavy atom. The highest BCUT2D eigenvalue weighted by Gasteiger charge is 2.25. The minimum absolute atomic E-state index is 0.0668. The number of ether oxygens (including phenoxy) is 1. The maximum absolute atomic E-state index is 12.3. The second-order valence-corrected chi connectivity index (χ2v) is 7.62. The molecule has 0 aliphatic carbocycles. The van der Waals surface area contributed by atoms with Crippen LogP contribution in [0.25, 0.3) is 0 Å². The van der Waals surface area contributed by atoms with Crippen molar-refractivity contribution in [3.8, 4) is 0 Å². The van der Waals surface area contributed by atoms with Crippen LogP contribution < -0.4 is 10.6 Å². The zero-order valence-corrected chi connectivity index (χ0v) is 17.5. The van der Waals surface area contributed by atoms with Gasteiger partial charge in [-0.3, -0.25) is 19.7 Å². The lowest BCUT2D eigenvalue weighted by Crippen LogP contribution is -2.48. The highest BCUT2D eigenvalue weighted by atomic mass is 16.6. The standard InChI is InChI=1S/C20H30N4O5/c1-13(2)29-12-11-23-9-7-16(8-10-23)21-19(25)20(26)22-18-14(3)5-6-17(15(18)4)24(27)28/h5-6,13,16H,7-12H2,1-4H3,(H,21,25)(H,22,26). The second-order valence-electron chi connectivity index (χ2n) is 7.62. The minimum Gasteiger partial charge on any atom is -0.377 e. The molecule has 0 aromatic heterocycles. The maximum Gasteiger partial charge on any atom is 0.313 e. The number of anilines is 1. The molecule has 160 valence electrons. The van der Waals surface area contributed by atoms with Gasteiger partial charge in [0.25, 0.3) is 5.69 Å². The van der Waals surface area contributed by atoms with E-state index in [1.165, 1.54) is 6.07 Å². The second kappa shape index (κ2) is 10.3. The van der Waals surface area contributed by atoms with Crippen LogP contribution in [0.5, 0.6) is 0 Å². The van der Waals surface area contributed by atoms with Crippen molar-refractivity contribution < 1.29 is 19.2 Å². The molecule has 2 N–H and O–H groups in total. The van der Waals surface area contributed by atoms with Crippen molar-refractivity contribution in [2.45, 2.75) is 52.7 Å². The largest absolute Gasteiger partial charge is 0.377 e.